The van der Waals surface area contributed by atoms with Gasteiger partial charge in [-0.05, 0) is 6.42 Å². The van der Waals surface area contributed by atoms with Crippen molar-refractivity contribution in [3.63, 3.8) is 0 Å². The summed E-state index contributed by atoms with van der Waals surface area (Å²) < 4.78 is 1.26. The molecule has 0 aliphatic carbocycles. The lowest BCUT2D eigenvalue weighted by Crippen LogP contribution is -2.41. The van der Waals surface area contributed by atoms with Gasteiger partial charge in [0, 0.05) is 19.2 Å². The highest BCUT2D eigenvalue weighted by Crippen LogP contribution is 1.98. The summed E-state index contributed by atoms with van der Waals surface area (Å²) in [5.41, 5.74) is 0.484. The molecule has 1 rings (SSSR count). The van der Waals surface area contributed by atoms with Crippen molar-refractivity contribution in [3.05, 3.63) is 11.9 Å². The maximum Gasteiger partial charge on any atom is 0.321 e. The average molecular weight is 297 g/mol. The first-order chi connectivity index (χ1) is 10.0. The molecule has 0 aromatic carbocycles. The number of aromatic nitrogens is 3. The fourth-order valence-electron chi connectivity index (χ4n) is 1.50. The van der Waals surface area contributed by atoms with Gasteiger partial charge in [0.25, 0.3) is 0 Å². The number of unbranched alkanes of at least 4 members (excludes halogenated alkanes) is 1. The second kappa shape index (κ2) is 8.67. The number of carboxylic acid groups (broad SMARTS) is 1. The molecule has 1 aromatic heterocycles. The number of hydrogen-bond acceptors (Lipinski definition) is 5. The molecular formula is C12H19N5O4. The minimum atomic E-state index is -0.925. The minimum absolute atomic E-state index is 0.0509. The summed E-state index contributed by atoms with van der Waals surface area (Å²) in [6.45, 7) is 2.36. The van der Waals surface area contributed by atoms with Crippen molar-refractivity contribution in [1.29, 1.82) is 0 Å². The summed E-state index contributed by atoms with van der Waals surface area (Å²) in [5.74, 6) is -1.44. The third-order valence-electron chi connectivity index (χ3n) is 2.56. The van der Waals surface area contributed by atoms with Gasteiger partial charge in [-0.2, -0.15) is 0 Å². The summed E-state index contributed by atoms with van der Waals surface area (Å²) in [6.07, 6.45) is 3.47. The van der Waals surface area contributed by atoms with Crippen LogP contribution in [0, 0.1) is 0 Å². The highest BCUT2D eigenvalue weighted by Gasteiger charge is 2.10. The molecule has 0 fully saturated rings. The third-order valence-corrected chi connectivity index (χ3v) is 2.56. The van der Waals surface area contributed by atoms with Crippen molar-refractivity contribution >= 4 is 17.9 Å². The van der Waals surface area contributed by atoms with E-state index in [2.05, 4.69) is 20.9 Å². The van der Waals surface area contributed by atoms with Crippen LogP contribution >= 0.6 is 0 Å². The van der Waals surface area contributed by atoms with Crippen molar-refractivity contribution in [3.8, 4) is 0 Å². The van der Waals surface area contributed by atoms with Gasteiger partial charge in [-0.15, -0.1) is 5.10 Å². The fourth-order valence-corrected chi connectivity index (χ4v) is 1.50. The molecule has 21 heavy (non-hydrogen) atoms. The van der Waals surface area contributed by atoms with Crippen molar-refractivity contribution in [2.24, 2.45) is 0 Å². The molecule has 0 saturated heterocycles. The molecule has 0 unspecified atom stereocenters. The molecule has 0 atom stereocenters. The zero-order valence-electron chi connectivity index (χ0n) is 11.8. The SMILES string of the molecule is CCCCNC(=O)NC(=O)Cn1cc(CCC(=O)O)nn1. The molecule has 0 bridgehead atoms. The van der Waals surface area contributed by atoms with E-state index in [1.165, 1.54) is 10.9 Å². The smallest absolute Gasteiger partial charge is 0.321 e. The summed E-state index contributed by atoms with van der Waals surface area (Å²) in [4.78, 5) is 33.3. The summed E-state index contributed by atoms with van der Waals surface area (Å²) in [6, 6.07) is -0.542. The Balaban J connectivity index is 2.34. The molecular weight excluding hydrogens is 278 g/mol. The average Bonchev–Trinajstić information content (AvgIpc) is 2.84. The van der Waals surface area contributed by atoms with E-state index in [0.29, 0.717) is 12.2 Å². The van der Waals surface area contributed by atoms with Crippen LogP contribution in [0.3, 0.4) is 0 Å². The molecule has 116 valence electrons. The Morgan fingerprint density at radius 1 is 1.38 bits per heavy atom. The van der Waals surface area contributed by atoms with Crippen molar-refractivity contribution < 1.29 is 19.5 Å². The Labute approximate surface area is 121 Å². The van der Waals surface area contributed by atoms with Gasteiger partial charge in [0.15, 0.2) is 0 Å². The van der Waals surface area contributed by atoms with Crippen LogP contribution in [-0.4, -0.2) is 44.6 Å². The van der Waals surface area contributed by atoms with Crippen LogP contribution in [0.4, 0.5) is 4.79 Å². The van der Waals surface area contributed by atoms with Crippen LogP contribution in [0.15, 0.2) is 6.20 Å². The summed E-state index contributed by atoms with van der Waals surface area (Å²) >= 11 is 0. The molecule has 1 aromatic rings. The quantitative estimate of drug-likeness (QED) is 0.576. The Kier molecular flexibility index (Phi) is 6.85. The van der Waals surface area contributed by atoms with Crippen LogP contribution < -0.4 is 10.6 Å². The van der Waals surface area contributed by atoms with Crippen LogP contribution in [0.1, 0.15) is 31.9 Å². The number of imide groups is 1. The second-order valence-electron chi connectivity index (χ2n) is 4.46. The Morgan fingerprint density at radius 2 is 2.14 bits per heavy atom. The molecule has 0 aliphatic heterocycles. The zero-order chi connectivity index (χ0) is 15.7. The first-order valence-corrected chi connectivity index (χ1v) is 6.69. The first kappa shape index (κ1) is 16.6. The number of hydrogen-bond donors (Lipinski definition) is 3. The molecule has 0 aliphatic rings. The molecule has 3 amide bonds. The highest BCUT2D eigenvalue weighted by atomic mass is 16.4. The number of rotatable bonds is 8. The van der Waals surface area contributed by atoms with Crippen LogP contribution in [-0.2, 0) is 22.6 Å². The number of aliphatic carboxylic acids is 1. The molecule has 0 saturated carbocycles. The van der Waals surface area contributed by atoms with Crippen LogP contribution in [0.5, 0.6) is 0 Å². The van der Waals surface area contributed by atoms with E-state index in [1.54, 1.807) is 0 Å². The van der Waals surface area contributed by atoms with Gasteiger partial charge in [0.1, 0.15) is 6.54 Å². The number of nitrogens with zero attached hydrogens (tertiary/aromatic N) is 3. The maximum atomic E-state index is 11.6. The van der Waals surface area contributed by atoms with Gasteiger partial charge >= 0.3 is 12.0 Å². The number of nitrogens with one attached hydrogen (secondary N) is 2. The lowest BCUT2D eigenvalue weighted by Gasteiger charge is -2.05. The van der Waals surface area contributed by atoms with Gasteiger partial charge < -0.3 is 10.4 Å². The number of carbonyl (C=O) groups excluding carboxylic acids is 2. The maximum absolute atomic E-state index is 11.6. The monoisotopic (exact) mass is 297 g/mol. The van der Waals surface area contributed by atoms with E-state index >= 15 is 0 Å². The lowest BCUT2D eigenvalue weighted by atomic mass is 10.2. The minimum Gasteiger partial charge on any atom is -0.481 e. The normalized spacial score (nSPS) is 10.1. The van der Waals surface area contributed by atoms with Crippen molar-refractivity contribution in [2.45, 2.75) is 39.2 Å². The Morgan fingerprint density at radius 3 is 2.81 bits per heavy atom. The van der Waals surface area contributed by atoms with E-state index in [4.69, 9.17) is 5.11 Å². The molecule has 0 radical (unpaired) electrons. The number of carbonyl (C=O) groups is 3. The Bertz CT molecular complexity index is 500. The van der Waals surface area contributed by atoms with E-state index in [0.717, 1.165) is 12.8 Å². The predicted molar refractivity (Wildman–Crippen MR) is 72.4 cm³/mol. The second-order valence-corrected chi connectivity index (χ2v) is 4.46. The Hall–Kier alpha value is -2.45. The standard InChI is InChI=1S/C12H19N5O4/c1-2-3-6-13-12(21)14-10(18)8-17-7-9(15-16-17)4-5-11(19)20/h7H,2-6,8H2,1H3,(H,19,20)(H2,13,14,18,21). The highest BCUT2D eigenvalue weighted by molar-refractivity contribution is 5.94. The van der Waals surface area contributed by atoms with E-state index in [9.17, 15) is 14.4 Å². The summed E-state index contributed by atoms with van der Waals surface area (Å²) in [7, 11) is 0. The number of urea groups is 1. The predicted octanol–water partition coefficient (Wildman–Crippen LogP) is -0.0788. The van der Waals surface area contributed by atoms with Crippen molar-refractivity contribution in [2.75, 3.05) is 6.54 Å². The van der Waals surface area contributed by atoms with Crippen molar-refractivity contribution in [1.82, 2.24) is 25.6 Å². The molecule has 9 nitrogen and oxygen atoms in total. The number of aryl methyl sites for hydroxylation is 1. The van der Waals surface area contributed by atoms with Gasteiger partial charge in [-0.25, -0.2) is 9.48 Å². The van der Waals surface area contributed by atoms with E-state index in [1.807, 2.05) is 6.92 Å². The van der Waals surface area contributed by atoms with Gasteiger partial charge in [-0.1, -0.05) is 18.6 Å². The number of amides is 3. The molecule has 9 heteroatoms. The molecule has 3 N–H and O–H groups in total. The molecule has 0 spiro atoms. The third kappa shape index (κ3) is 7.04. The zero-order valence-corrected chi connectivity index (χ0v) is 11.8. The van der Waals surface area contributed by atoms with E-state index < -0.39 is 17.9 Å². The first-order valence-electron chi connectivity index (χ1n) is 6.69. The fraction of sp³-hybridized carbons (Fsp3) is 0.583. The topological polar surface area (TPSA) is 126 Å². The molecule has 1 heterocycles. The number of carboxylic acids is 1. The van der Waals surface area contributed by atoms with Gasteiger partial charge in [0.2, 0.25) is 5.91 Å². The largest absolute Gasteiger partial charge is 0.481 e. The van der Waals surface area contributed by atoms with Crippen LogP contribution in [0.25, 0.3) is 0 Å². The van der Waals surface area contributed by atoms with E-state index in [-0.39, 0.29) is 19.4 Å². The lowest BCUT2D eigenvalue weighted by molar-refractivity contribution is -0.137. The van der Waals surface area contributed by atoms with Crippen LogP contribution in [0.2, 0.25) is 0 Å². The van der Waals surface area contributed by atoms with Gasteiger partial charge in [-0.3, -0.25) is 14.9 Å². The van der Waals surface area contributed by atoms with Gasteiger partial charge in [0.05, 0.1) is 12.1 Å². The summed E-state index contributed by atoms with van der Waals surface area (Å²) in [5, 5.41) is 20.7.